The van der Waals surface area contributed by atoms with Gasteiger partial charge in [-0.15, -0.1) is 0 Å². The molecule has 0 saturated heterocycles. The predicted molar refractivity (Wildman–Crippen MR) is 121 cm³/mol. The van der Waals surface area contributed by atoms with Crippen LogP contribution in [0.1, 0.15) is 40.0 Å². The Morgan fingerprint density at radius 3 is 2.30 bits per heavy atom. The molecule has 2 amide bonds. The van der Waals surface area contributed by atoms with E-state index >= 15 is 0 Å². The molecule has 1 aromatic heterocycles. The number of amides is 2. The highest BCUT2D eigenvalue weighted by molar-refractivity contribution is 5.96. The number of nitrogens with one attached hydrogen (secondary N) is 2. The van der Waals surface area contributed by atoms with Gasteiger partial charge in [0.1, 0.15) is 12.6 Å². The summed E-state index contributed by atoms with van der Waals surface area (Å²) in [6.07, 6.45) is 0.836. The van der Waals surface area contributed by atoms with Crippen LogP contribution in [-0.4, -0.2) is 40.7 Å². The van der Waals surface area contributed by atoms with Crippen LogP contribution in [-0.2, 0) is 16.1 Å². The van der Waals surface area contributed by atoms with E-state index in [1.165, 1.54) is 25.3 Å². The number of carboxylic acid groups (broad SMARTS) is 1. The van der Waals surface area contributed by atoms with Gasteiger partial charge in [0, 0.05) is 17.7 Å². The number of alkyl carbamates (subject to hydrolysis) is 1. The molecule has 0 radical (unpaired) electrons. The maximum Gasteiger partial charge on any atom is 0.407 e. The number of hydrogen-bond donors (Lipinski definition) is 3. The standard InChI is InChI=1S/C25H23N3O5/c1-15(24(30)31)28-23(29)16-10-11-26-17(12-16)13-27-25(32)33-14-22-20-8-4-2-6-18(20)19-7-3-5-9-21(19)22/h2-12,15,22H,13-14H2,1H3,(H,27,32)(H,28,29)(H,30,31). The molecule has 0 fully saturated rings. The SMILES string of the molecule is CC(NC(=O)c1ccnc(CNC(=O)OCC2c3ccccc3-c3ccccc32)c1)C(=O)O. The van der Waals surface area contributed by atoms with Gasteiger partial charge in [-0.1, -0.05) is 48.5 Å². The second-order valence-corrected chi connectivity index (χ2v) is 7.75. The van der Waals surface area contributed by atoms with Gasteiger partial charge in [-0.3, -0.25) is 14.6 Å². The number of nitrogens with zero attached hydrogens (tertiary/aromatic N) is 1. The van der Waals surface area contributed by atoms with Crippen LogP contribution in [0.3, 0.4) is 0 Å². The molecule has 4 rings (SSSR count). The number of rotatable bonds is 7. The van der Waals surface area contributed by atoms with E-state index in [2.05, 4.69) is 27.8 Å². The van der Waals surface area contributed by atoms with Crippen LogP contribution in [0.25, 0.3) is 11.1 Å². The number of fused-ring (bicyclic) bond motifs is 3. The molecule has 1 unspecified atom stereocenters. The van der Waals surface area contributed by atoms with Crippen molar-refractivity contribution in [3.05, 3.63) is 89.2 Å². The van der Waals surface area contributed by atoms with Gasteiger partial charge in [0.25, 0.3) is 5.91 Å². The number of carbonyl (C=O) groups is 3. The van der Waals surface area contributed by atoms with Crippen molar-refractivity contribution in [1.29, 1.82) is 0 Å². The molecule has 1 aliphatic rings. The van der Waals surface area contributed by atoms with Gasteiger partial charge in [0.15, 0.2) is 0 Å². The van der Waals surface area contributed by atoms with Crippen LogP contribution in [0.4, 0.5) is 4.79 Å². The number of aliphatic carboxylic acids is 1. The van der Waals surface area contributed by atoms with Crippen LogP contribution in [0.5, 0.6) is 0 Å². The Kier molecular flexibility index (Phi) is 6.35. The Bertz CT molecular complexity index is 1160. The fourth-order valence-electron chi connectivity index (χ4n) is 3.87. The zero-order valence-electron chi connectivity index (χ0n) is 17.9. The molecule has 2 aromatic carbocycles. The number of ether oxygens (including phenoxy) is 1. The third-order valence-corrected chi connectivity index (χ3v) is 5.55. The summed E-state index contributed by atoms with van der Waals surface area (Å²) in [4.78, 5) is 39.6. The summed E-state index contributed by atoms with van der Waals surface area (Å²) >= 11 is 0. The maximum atomic E-state index is 12.3. The van der Waals surface area contributed by atoms with Crippen molar-refractivity contribution in [2.45, 2.75) is 25.4 Å². The first-order valence-corrected chi connectivity index (χ1v) is 10.5. The summed E-state index contributed by atoms with van der Waals surface area (Å²) in [7, 11) is 0. The fraction of sp³-hybridized carbons (Fsp3) is 0.200. The van der Waals surface area contributed by atoms with Crippen molar-refractivity contribution in [2.24, 2.45) is 0 Å². The van der Waals surface area contributed by atoms with Crippen LogP contribution < -0.4 is 10.6 Å². The van der Waals surface area contributed by atoms with E-state index in [1.54, 1.807) is 0 Å². The molecule has 3 N–H and O–H groups in total. The molecule has 168 valence electrons. The second-order valence-electron chi connectivity index (χ2n) is 7.75. The summed E-state index contributed by atoms with van der Waals surface area (Å²) in [6.45, 7) is 1.64. The van der Waals surface area contributed by atoms with E-state index in [-0.39, 0.29) is 24.6 Å². The lowest BCUT2D eigenvalue weighted by molar-refractivity contribution is -0.138. The normalized spacial score (nSPS) is 12.9. The van der Waals surface area contributed by atoms with Crippen molar-refractivity contribution in [3.8, 4) is 11.1 Å². The zero-order valence-corrected chi connectivity index (χ0v) is 17.9. The molecule has 0 bridgehead atoms. The number of pyridine rings is 1. The van der Waals surface area contributed by atoms with Crippen molar-refractivity contribution in [3.63, 3.8) is 0 Å². The summed E-state index contributed by atoms with van der Waals surface area (Å²) in [5.74, 6) is -1.70. The van der Waals surface area contributed by atoms with Crippen molar-refractivity contribution >= 4 is 18.0 Å². The topological polar surface area (TPSA) is 118 Å². The third kappa shape index (κ3) is 4.85. The summed E-state index contributed by atoms with van der Waals surface area (Å²) < 4.78 is 5.50. The highest BCUT2D eigenvalue weighted by Gasteiger charge is 2.29. The van der Waals surface area contributed by atoms with Gasteiger partial charge in [-0.25, -0.2) is 4.79 Å². The Morgan fingerprint density at radius 2 is 1.67 bits per heavy atom. The van der Waals surface area contributed by atoms with E-state index in [4.69, 9.17) is 9.84 Å². The van der Waals surface area contributed by atoms with Gasteiger partial charge < -0.3 is 20.5 Å². The second kappa shape index (κ2) is 9.52. The van der Waals surface area contributed by atoms with E-state index in [1.807, 2.05) is 36.4 Å². The van der Waals surface area contributed by atoms with Gasteiger partial charge >= 0.3 is 12.1 Å². The molecule has 8 nitrogen and oxygen atoms in total. The largest absolute Gasteiger partial charge is 0.480 e. The highest BCUT2D eigenvalue weighted by Crippen LogP contribution is 2.44. The van der Waals surface area contributed by atoms with Crippen molar-refractivity contribution in [1.82, 2.24) is 15.6 Å². The number of benzene rings is 2. The van der Waals surface area contributed by atoms with E-state index < -0.39 is 24.0 Å². The van der Waals surface area contributed by atoms with Crippen molar-refractivity contribution < 1.29 is 24.2 Å². The lowest BCUT2D eigenvalue weighted by atomic mass is 9.98. The Morgan fingerprint density at radius 1 is 1.03 bits per heavy atom. The first kappa shape index (κ1) is 22.0. The van der Waals surface area contributed by atoms with Crippen LogP contribution in [0, 0.1) is 0 Å². The predicted octanol–water partition coefficient (Wildman–Crippen LogP) is 3.32. The molecular formula is C25H23N3O5. The third-order valence-electron chi connectivity index (χ3n) is 5.55. The molecule has 0 saturated carbocycles. The first-order valence-electron chi connectivity index (χ1n) is 10.5. The number of hydrogen-bond acceptors (Lipinski definition) is 5. The molecule has 0 aliphatic heterocycles. The number of carbonyl (C=O) groups excluding carboxylic acids is 2. The molecule has 0 spiro atoms. The monoisotopic (exact) mass is 445 g/mol. The smallest absolute Gasteiger partial charge is 0.407 e. The highest BCUT2D eigenvalue weighted by atomic mass is 16.5. The zero-order chi connectivity index (χ0) is 23.4. The summed E-state index contributed by atoms with van der Waals surface area (Å²) in [5.41, 5.74) is 5.25. The fourth-order valence-corrected chi connectivity index (χ4v) is 3.87. The minimum atomic E-state index is -1.13. The first-order chi connectivity index (χ1) is 15.9. The molecule has 8 heteroatoms. The quantitative estimate of drug-likeness (QED) is 0.514. The molecule has 1 aliphatic carbocycles. The molecular weight excluding hydrogens is 422 g/mol. The summed E-state index contributed by atoms with van der Waals surface area (Å²) in [6, 6.07) is 18.1. The molecule has 1 heterocycles. The minimum Gasteiger partial charge on any atom is -0.480 e. The minimum absolute atomic E-state index is 0.0375. The Hall–Kier alpha value is -4.20. The Labute approximate surface area is 190 Å². The lowest BCUT2D eigenvalue weighted by Crippen LogP contribution is -2.38. The van der Waals surface area contributed by atoms with Gasteiger partial charge in [0.2, 0.25) is 0 Å². The van der Waals surface area contributed by atoms with Gasteiger partial charge in [0.05, 0.1) is 12.2 Å². The Balaban J connectivity index is 1.34. The summed E-state index contributed by atoms with van der Waals surface area (Å²) in [5, 5.41) is 14.0. The van der Waals surface area contributed by atoms with Gasteiger partial charge in [-0.05, 0) is 41.3 Å². The molecule has 1 atom stereocenters. The van der Waals surface area contributed by atoms with Crippen LogP contribution in [0.15, 0.2) is 66.9 Å². The average molecular weight is 445 g/mol. The van der Waals surface area contributed by atoms with E-state index in [0.717, 1.165) is 22.3 Å². The van der Waals surface area contributed by atoms with Crippen molar-refractivity contribution in [2.75, 3.05) is 6.61 Å². The number of aromatic nitrogens is 1. The van der Waals surface area contributed by atoms with Crippen LogP contribution in [0.2, 0.25) is 0 Å². The van der Waals surface area contributed by atoms with Gasteiger partial charge in [-0.2, -0.15) is 0 Å². The van der Waals surface area contributed by atoms with E-state index in [9.17, 15) is 14.4 Å². The maximum absolute atomic E-state index is 12.3. The molecule has 33 heavy (non-hydrogen) atoms. The van der Waals surface area contributed by atoms with Crippen LogP contribution >= 0.6 is 0 Å². The van der Waals surface area contributed by atoms with E-state index in [0.29, 0.717) is 5.69 Å². The average Bonchev–Trinajstić information content (AvgIpc) is 3.15. The lowest BCUT2D eigenvalue weighted by Gasteiger charge is -2.14. The number of carboxylic acids is 1. The molecule has 3 aromatic rings.